The van der Waals surface area contributed by atoms with Crippen molar-refractivity contribution < 1.29 is 9.84 Å². The highest BCUT2D eigenvalue weighted by Crippen LogP contribution is 2.58. The fourth-order valence-corrected chi connectivity index (χ4v) is 5.37. The lowest BCUT2D eigenvalue weighted by molar-refractivity contribution is -0.325. The van der Waals surface area contributed by atoms with Crippen LogP contribution in [0.25, 0.3) is 0 Å². The van der Waals surface area contributed by atoms with Crippen LogP contribution in [0.3, 0.4) is 0 Å². The maximum Gasteiger partial charge on any atom is 0.160 e. The van der Waals surface area contributed by atoms with Crippen molar-refractivity contribution in [2.75, 3.05) is 0 Å². The van der Waals surface area contributed by atoms with E-state index in [1.54, 1.807) is 0 Å². The molecule has 1 atom stereocenters. The summed E-state index contributed by atoms with van der Waals surface area (Å²) in [6.45, 7) is 2.22. The summed E-state index contributed by atoms with van der Waals surface area (Å²) in [6.07, 6.45) is 11.6. The molecule has 0 radical (unpaired) electrons. The van der Waals surface area contributed by atoms with Gasteiger partial charge in [0.25, 0.3) is 0 Å². The Morgan fingerprint density at radius 1 is 1.11 bits per heavy atom. The molecule has 0 aromatic heterocycles. The Bertz CT molecular complexity index is 315. The van der Waals surface area contributed by atoms with Crippen LogP contribution in [0.4, 0.5) is 0 Å². The molecule has 4 rings (SSSR count). The summed E-state index contributed by atoms with van der Waals surface area (Å²) < 4.78 is 6.24. The van der Waals surface area contributed by atoms with E-state index in [1.165, 1.54) is 51.4 Å². The van der Waals surface area contributed by atoms with Gasteiger partial charge in [0.05, 0.1) is 5.60 Å². The first-order valence-electron chi connectivity index (χ1n) is 8.10. The summed E-state index contributed by atoms with van der Waals surface area (Å²) in [5, 5.41) is 10.5. The van der Waals surface area contributed by atoms with Gasteiger partial charge in [0.1, 0.15) is 0 Å². The first-order valence-corrected chi connectivity index (χ1v) is 9.02. The second-order valence-corrected chi connectivity index (χ2v) is 8.39. The molecule has 2 aliphatic heterocycles. The van der Waals surface area contributed by atoms with Crippen LogP contribution < -0.4 is 0 Å². The van der Waals surface area contributed by atoms with Crippen molar-refractivity contribution in [2.45, 2.75) is 87.9 Å². The zero-order valence-electron chi connectivity index (χ0n) is 12.0. The fourth-order valence-electron chi connectivity index (χ4n) is 4.84. The number of rotatable bonds is 3. The van der Waals surface area contributed by atoms with Crippen LogP contribution in [0.15, 0.2) is 0 Å². The molecule has 2 saturated heterocycles. The summed E-state index contributed by atoms with van der Waals surface area (Å²) in [6, 6.07) is 0. The molecule has 0 aromatic rings. The molecule has 2 nitrogen and oxygen atoms in total. The van der Waals surface area contributed by atoms with Crippen LogP contribution in [-0.4, -0.2) is 21.8 Å². The minimum Gasteiger partial charge on any atom is -0.367 e. The van der Waals surface area contributed by atoms with Gasteiger partial charge in [0, 0.05) is 10.2 Å². The number of aliphatic hydroxyl groups excluding tert-OH is 1. The van der Waals surface area contributed by atoms with Crippen molar-refractivity contribution in [2.24, 2.45) is 11.3 Å². The minimum absolute atomic E-state index is 0.0159. The van der Waals surface area contributed by atoms with Crippen LogP contribution in [0, 0.1) is 11.3 Å². The molecule has 1 unspecified atom stereocenters. The third kappa shape index (κ3) is 2.40. The molecule has 4 aliphatic rings. The van der Waals surface area contributed by atoms with Crippen molar-refractivity contribution >= 4 is 15.9 Å². The number of hydrogen-bond acceptors (Lipinski definition) is 2. The Hall–Kier alpha value is 0.400. The van der Waals surface area contributed by atoms with Gasteiger partial charge in [0.15, 0.2) is 6.29 Å². The lowest BCUT2D eigenvalue weighted by Gasteiger charge is -2.59. The summed E-state index contributed by atoms with van der Waals surface area (Å²) in [7, 11) is 0. The van der Waals surface area contributed by atoms with Crippen LogP contribution in [0.5, 0.6) is 0 Å². The topological polar surface area (TPSA) is 29.5 Å². The SMILES string of the molecule is CCCC12CCC(C3CCC(Br)CC3)(CC1)OC2O. The van der Waals surface area contributed by atoms with Gasteiger partial charge < -0.3 is 9.84 Å². The van der Waals surface area contributed by atoms with Gasteiger partial charge in [-0.15, -0.1) is 0 Å². The fraction of sp³-hybridized carbons (Fsp3) is 1.00. The molecule has 4 fully saturated rings. The van der Waals surface area contributed by atoms with Gasteiger partial charge >= 0.3 is 0 Å². The van der Waals surface area contributed by atoms with Crippen molar-refractivity contribution in [3.8, 4) is 0 Å². The first kappa shape index (κ1) is 14.3. The van der Waals surface area contributed by atoms with Gasteiger partial charge in [0.2, 0.25) is 0 Å². The van der Waals surface area contributed by atoms with Gasteiger partial charge in [-0.1, -0.05) is 29.3 Å². The number of hydrogen-bond donors (Lipinski definition) is 1. The van der Waals surface area contributed by atoms with Gasteiger partial charge in [-0.2, -0.15) is 0 Å². The second-order valence-electron chi connectivity index (χ2n) is 7.10. The molecule has 1 N–H and O–H groups in total. The van der Waals surface area contributed by atoms with Crippen molar-refractivity contribution in [1.29, 1.82) is 0 Å². The second kappa shape index (κ2) is 5.31. The molecule has 2 saturated carbocycles. The quantitative estimate of drug-likeness (QED) is 0.777. The van der Waals surface area contributed by atoms with Crippen molar-refractivity contribution in [3.05, 3.63) is 0 Å². The normalized spacial score (nSPS) is 50.4. The van der Waals surface area contributed by atoms with Crippen LogP contribution >= 0.6 is 15.9 Å². The lowest BCUT2D eigenvalue weighted by Crippen LogP contribution is -2.60. The third-order valence-electron chi connectivity index (χ3n) is 6.11. The number of halogens is 1. The van der Waals surface area contributed by atoms with Gasteiger partial charge in [-0.25, -0.2) is 0 Å². The summed E-state index contributed by atoms with van der Waals surface area (Å²) in [5.41, 5.74) is 0.102. The molecule has 19 heavy (non-hydrogen) atoms. The van der Waals surface area contributed by atoms with E-state index in [2.05, 4.69) is 22.9 Å². The van der Waals surface area contributed by atoms with Gasteiger partial charge in [-0.3, -0.25) is 0 Å². The van der Waals surface area contributed by atoms with E-state index in [9.17, 15) is 5.11 Å². The Kier molecular flexibility index (Phi) is 4.01. The van der Waals surface area contributed by atoms with E-state index >= 15 is 0 Å². The molecule has 0 aromatic carbocycles. The number of fused-ring (bicyclic) bond motifs is 3. The highest BCUT2D eigenvalue weighted by molar-refractivity contribution is 9.09. The van der Waals surface area contributed by atoms with Gasteiger partial charge in [-0.05, 0) is 63.7 Å². The van der Waals surface area contributed by atoms with E-state index in [4.69, 9.17) is 4.74 Å². The highest BCUT2D eigenvalue weighted by atomic mass is 79.9. The van der Waals surface area contributed by atoms with E-state index in [1.807, 2.05) is 0 Å². The molecule has 2 heterocycles. The Morgan fingerprint density at radius 3 is 2.26 bits per heavy atom. The summed E-state index contributed by atoms with van der Waals surface area (Å²) in [5.74, 6) is 0.677. The maximum atomic E-state index is 10.5. The molecule has 3 heteroatoms. The Balaban J connectivity index is 1.71. The Morgan fingerprint density at radius 2 is 1.74 bits per heavy atom. The number of aliphatic hydroxyl groups is 1. The molecule has 2 aliphatic carbocycles. The van der Waals surface area contributed by atoms with Crippen LogP contribution in [0.2, 0.25) is 0 Å². The average Bonchev–Trinajstić information content (AvgIpc) is 2.42. The van der Waals surface area contributed by atoms with Crippen molar-refractivity contribution in [1.82, 2.24) is 0 Å². The predicted molar refractivity (Wildman–Crippen MR) is 80.3 cm³/mol. The first-order chi connectivity index (χ1) is 9.10. The molecule has 110 valence electrons. The highest BCUT2D eigenvalue weighted by Gasteiger charge is 2.57. The van der Waals surface area contributed by atoms with E-state index < -0.39 is 6.29 Å². The molecular weight excluding hydrogens is 304 g/mol. The van der Waals surface area contributed by atoms with E-state index in [0.29, 0.717) is 10.7 Å². The lowest BCUT2D eigenvalue weighted by atomic mass is 9.58. The van der Waals surface area contributed by atoms with E-state index in [-0.39, 0.29) is 11.0 Å². The standard InChI is InChI=1S/C16H27BrO2/c1-2-7-15-8-10-16(11-9-15,19-14(15)18)12-3-5-13(17)6-4-12/h12-14,18H,2-11H2,1H3. The maximum absolute atomic E-state index is 10.5. The van der Waals surface area contributed by atoms with Crippen LogP contribution in [-0.2, 0) is 4.74 Å². The predicted octanol–water partition coefficient (Wildman–Crippen LogP) is 4.39. The van der Waals surface area contributed by atoms with Crippen LogP contribution in [0.1, 0.15) is 71.1 Å². The largest absolute Gasteiger partial charge is 0.367 e. The zero-order chi connectivity index (χ0) is 13.5. The smallest absolute Gasteiger partial charge is 0.160 e. The van der Waals surface area contributed by atoms with Crippen molar-refractivity contribution in [3.63, 3.8) is 0 Å². The average molecular weight is 331 g/mol. The zero-order valence-corrected chi connectivity index (χ0v) is 13.6. The summed E-state index contributed by atoms with van der Waals surface area (Å²) in [4.78, 5) is 0.705. The molecule has 0 spiro atoms. The third-order valence-corrected chi connectivity index (χ3v) is 7.03. The summed E-state index contributed by atoms with van der Waals surface area (Å²) >= 11 is 3.74. The molecule has 2 bridgehead atoms. The number of ether oxygens (including phenoxy) is 1. The van der Waals surface area contributed by atoms with E-state index in [0.717, 1.165) is 12.8 Å². The molecule has 0 amide bonds. The molecular formula is C16H27BrO2. The number of alkyl halides is 1. The Labute approximate surface area is 125 Å². The minimum atomic E-state index is -0.503. The monoisotopic (exact) mass is 330 g/mol.